The standard InChI is InChI=1S/C12H11FN4O4/c1-6-15-10(17-21-6)5-14-12(20)16-9-4-7(11(18)19)2-3-8(9)13/h2-4H,5H2,1H3,(H,18,19)(H2,14,16,20). The Morgan fingerprint density at radius 3 is 2.81 bits per heavy atom. The molecular weight excluding hydrogens is 283 g/mol. The first-order chi connectivity index (χ1) is 9.95. The van der Waals surface area contributed by atoms with E-state index in [1.807, 2.05) is 0 Å². The second kappa shape index (κ2) is 5.99. The molecule has 0 bridgehead atoms. The highest BCUT2D eigenvalue weighted by Gasteiger charge is 2.11. The van der Waals surface area contributed by atoms with E-state index in [1.165, 1.54) is 0 Å². The molecule has 1 aromatic heterocycles. The summed E-state index contributed by atoms with van der Waals surface area (Å²) < 4.78 is 18.2. The summed E-state index contributed by atoms with van der Waals surface area (Å²) in [5, 5.41) is 17.0. The molecule has 0 aliphatic rings. The van der Waals surface area contributed by atoms with E-state index in [2.05, 4.69) is 20.8 Å². The number of nitrogens with zero attached hydrogens (tertiary/aromatic N) is 2. The highest BCUT2D eigenvalue weighted by molar-refractivity contribution is 5.93. The van der Waals surface area contributed by atoms with Crippen LogP contribution in [0.1, 0.15) is 22.1 Å². The Morgan fingerprint density at radius 2 is 2.19 bits per heavy atom. The Bertz CT molecular complexity index is 686. The van der Waals surface area contributed by atoms with E-state index < -0.39 is 17.8 Å². The van der Waals surface area contributed by atoms with Gasteiger partial charge in [0, 0.05) is 6.92 Å². The van der Waals surface area contributed by atoms with Crippen LogP contribution in [0.2, 0.25) is 0 Å². The Labute approximate surface area is 118 Å². The molecule has 0 atom stereocenters. The number of carboxylic acids is 1. The molecular formula is C12H11FN4O4. The van der Waals surface area contributed by atoms with Crippen LogP contribution in [0.15, 0.2) is 22.7 Å². The van der Waals surface area contributed by atoms with Crippen LogP contribution in [-0.2, 0) is 6.54 Å². The maximum Gasteiger partial charge on any atom is 0.335 e. The molecule has 1 heterocycles. The summed E-state index contributed by atoms with van der Waals surface area (Å²) in [6.07, 6.45) is 0. The van der Waals surface area contributed by atoms with E-state index in [4.69, 9.17) is 9.63 Å². The van der Waals surface area contributed by atoms with Gasteiger partial charge in [-0.15, -0.1) is 0 Å². The fraction of sp³-hybridized carbons (Fsp3) is 0.167. The minimum atomic E-state index is -1.22. The highest BCUT2D eigenvalue weighted by atomic mass is 19.1. The summed E-state index contributed by atoms with van der Waals surface area (Å²) in [6, 6.07) is 2.36. The number of amides is 2. The molecule has 8 nitrogen and oxygen atoms in total. The van der Waals surface area contributed by atoms with Crippen LogP contribution >= 0.6 is 0 Å². The third-order valence-electron chi connectivity index (χ3n) is 2.44. The van der Waals surface area contributed by atoms with E-state index in [0.717, 1.165) is 18.2 Å². The Hall–Kier alpha value is -2.97. The number of aryl methyl sites for hydroxylation is 1. The molecule has 1 aromatic carbocycles. The average molecular weight is 294 g/mol. The number of rotatable bonds is 4. The Balaban J connectivity index is 1.99. The van der Waals surface area contributed by atoms with Gasteiger partial charge in [-0.25, -0.2) is 14.0 Å². The lowest BCUT2D eigenvalue weighted by molar-refractivity contribution is 0.0697. The fourth-order valence-corrected chi connectivity index (χ4v) is 1.49. The van der Waals surface area contributed by atoms with E-state index in [9.17, 15) is 14.0 Å². The number of hydrogen-bond acceptors (Lipinski definition) is 5. The van der Waals surface area contributed by atoms with Crippen LogP contribution in [0, 0.1) is 12.7 Å². The second-order valence-electron chi connectivity index (χ2n) is 4.04. The number of anilines is 1. The zero-order chi connectivity index (χ0) is 15.4. The molecule has 0 unspecified atom stereocenters. The molecule has 0 spiro atoms. The molecule has 0 saturated carbocycles. The van der Waals surface area contributed by atoms with Gasteiger partial charge in [-0.05, 0) is 18.2 Å². The molecule has 110 valence electrons. The number of nitrogens with one attached hydrogen (secondary N) is 2. The van der Waals surface area contributed by atoms with Crippen LogP contribution < -0.4 is 10.6 Å². The molecule has 21 heavy (non-hydrogen) atoms. The lowest BCUT2D eigenvalue weighted by atomic mass is 10.2. The lowest BCUT2D eigenvalue weighted by Crippen LogP contribution is -2.29. The molecule has 0 radical (unpaired) electrons. The number of aromatic nitrogens is 2. The van der Waals surface area contributed by atoms with Crippen molar-refractivity contribution < 1.29 is 23.6 Å². The van der Waals surface area contributed by atoms with Crippen molar-refractivity contribution in [3.05, 3.63) is 41.3 Å². The van der Waals surface area contributed by atoms with E-state index in [-0.39, 0.29) is 23.6 Å². The van der Waals surface area contributed by atoms with Gasteiger partial charge >= 0.3 is 12.0 Å². The molecule has 0 aliphatic heterocycles. The smallest absolute Gasteiger partial charge is 0.335 e. The maximum absolute atomic E-state index is 13.5. The second-order valence-corrected chi connectivity index (χ2v) is 4.04. The highest BCUT2D eigenvalue weighted by Crippen LogP contribution is 2.16. The van der Waals surface area contributed by atoms with Crippen LogP contribution in [0.3, 0.4) is 0 Å². The number of carboxylic acid groups (broad SMARTS) is 1. The van der Waals surface area contributed by atoms with E-state index in [1.54, 1.807) is 6.92 Å². The number of halogens is 1. The molecule has 2 amide bonds. The lowest BCUT2D eigenvalue weighted by Gasteiger charge is -2.07. The summed E-state index contributed by atoms with van der Waals surface area (Å²) in [7, 11) is 0. The zero-order valence-electron chi connectivity index (χ0n) is 10.9. The number of carbonyl (C=O) groups is 2. The van der Waals surface area contributed by atoms with E-state index in [0.29, 0.717) is 5.89 Å². The van der Waals surface area contributed by atoms with Crippen molar-refractivity contribution >= 4 is 17.7 Å². The van der Waals surface area contributed by atoms with Gasteiger partial charge in [0.05, 0.1) is 17.8 Å². The average Bonchev–Trinajstić information content (AvgIpc) is 2.84. The molecule has 3 N–H and O–H groups in total. The SMILES string of the molecule is Cc1nc(CNC(=O)Nc2cc(C(=O)O)ccc2F)no1. The predicted molar refractivity (Wildman–Crippen MR) is 68.3 cm³/mol. The molecule has 9 heteroatoms. The van der Waals surface area contributed by atoms with Gasteiger partial charge in [0.25, 0.3) is 0 Å². The minimum Gasteiger partial charge on any atom is -0.478 e. The number of carbonyl (C=O) groups excluding carboxylic acids is 1. The maximum atomic E-state index is 13.5. The Morgan fingerprint density at radius 1 is 1.43 bits per heavy atom. The summed E-state index contributed by atoms with van der Waals surface area (Å²) in [6.45, 7) is 1.59. The van der Waals surface area contributed by atoms with Crippen molar-refractivity contribution in [3.8, 4) is 0 Å². The molecule has 2 rings (SSSR count). The monoisotopic (exact) mass is 294 g/mol. The van der Waals surface area contributed by atoms with Crippen LogP contribution in [0.4, 0.5) is 14.9 Å². The van der Waals surface area contributed by atoms with Crippen LogP contribution in [0.25, 0.3) is 0 Å². The summed E-state index contributed by atoms with van der Waals surface area (Å²) in [4.78, 5) is 26.3. The van der Waals surface area contributed by atoms with Crippen molar-refractivity contribution in [3.63, 3.8) is 0 Å². The first-order valence-corrected chi connectivity index (χ1v) is 5.82. The van der Waals surface area contributed by atoms with Crippen molar-refractivity contribution in [1.82, 2.24) is 15.5 Å². The molecule has 0 fully saturated rings. The number of benzene rings is 1. The van der Waals surface area contributed by atoms with E-state index >= 15 is 0 Å². The van der Waals surface area contributed by atoms with Crippen molar-refractivity contribution in [2.24, 2.45) is 0 Å². The molecule has 2 aromatic rings. The largest absolute Gasteiger partial charge is 0.478 e. The third-order valence-corrected chi connectivity index (χ3v) is 2.44. The summed E-state index contributed by atoms with van der Waals surface area (Å²) in [5.41, 5.74) is -0.378. The van der Waals surface area contributed by atoms with Crippen molar-refractivity contribution in [1.29, 1.82) is 0 Å². The Kier molecular flexibility index (Phi) is 4.12. The fourth-order valence-electron chi connectivity index (χ4n) is 1.49. The van der Waals surface area contributed by atoms with Crippen LogP contribution in [0.5, 0.6) is 0 Å². The minimum absolute atomic E-state index is 0.0105. The predicted octanol–water partition coefficient (Wildman–Crippen LogP) is 1.54. The first kappa shape index (κ1) is 14.4. The van der Waals surface area contributed by atoms with Crippen molar-refractivity contribution in [2.45, 2.75) is 13.5 Å². The van der Waals surface area contributed by atoms with Gasteiger partial charge < -0.3 is 20.3 Å². The van der Waals surface area contributed by atoms with Gasteiger partial charge in [0.1, 0.15) is 5.82 Å². The van der Waals surface area contributed by atoms with Gasteiger partial charge in [-0.1, -0.05) is 5.16 Å². The number of urea groups is 1. The van der Waals surface area contributed by atoms with Crippen molar-refractivity contribution in [2.75, 3.05) is 5.32 Å². The molecule has 0 aliphatic carbocycles. The first-order valence-electron chi connectivity index (χ1n) is 5.82. The summed E-state index contributed by atoms with van der Waals surface area (Å²) >= 11 is 0. The third kappa shape index (κ3) is 3.75. The zero-order valence-corrected chi connectivity index (χ0v) is 10.9. The topological polar surface area (TPSA) is 117 Å². The van der Waals surface area contributed by atoms with Crippen LogP contribution in [-0.4, -0.2) is 27.2 Å². The molecule has 0 saturated heterocycles. The number of aromatic carboxylic acids is 1. The number of hydrogen-bond donors (Lipinski definition) is 3. The normalized spacial score (nSPS) is 10.2. The van der Waals surface area contributed by atoms with Gasteiger partial charge in [-0.2, -0.15) is 4.98 Å². The quantitative estimate of drug-likeness (QED) is 0.787. The van der Waals surface area contributed by atoms with Gasteiger partial charge in [-0.3, -0.25) is 0 Å². The summed E-state index contributed by atoms with van der Waals surface area (Å²) in [5.74, 6) is -1.35. The van der Waals surface area contributed by atoms with Gasteiger partial charge in [0.15, 0.2) is 5.82 Å². The van der Waals surface area contributed by atoms with Gasteiger partial charge in [0.2, 0.25) is 5.89 Å².